The van der Waals surface area contributed by atoms with Gasteiger partial charge in [-0.25, -0.2) is 4.98 Å². The van der Waals surface area contributed by atoms with Gasteiger partial charge in [-0.15, -0.1) is 0 Å². The predicted octanol–water partition coefficient (Wildman–Crippen LogP) is 3.19. The highest BCUT2D eigenvalue weighted by Gasteiger charge is 2.22. The Balaban J connectivity index is 1.55. The number of pyridine rings is 1. The second-order valence-electron chi connectivity index (χ2n) is 7.57. The van der Waals surface area contributed by atoms with E-state index in [1.54, 1.807) is 0 Å². The van der Waals surface area contributed by atoms with Crippen LogP contribution in [0.25, 0.3) is 0 Å². The Morgan fingerprint density at radius 3 is 2.63 bits per heavy atom. The van der Waals surface area contributed by atoms with Gasteiger partial charge in [-0.2, -0.15) is 0 Å². The lowest BCUT2D eigenvalue weighted by atomic mass is 9.96. The molecule has 0 radical (unpaired) electrons. The van der Waals surface area contributed by atoms with E-state index in [0.717, 1.165) is 56.2 Å². The minimum Gasteiger partial charge on any atom is -0.485 e. The Morgan fingerprint density at radius 2 is 1.93 bits per heavy atom. The topological polar surface area (TPSA) is 48.8 Å². The van der Waals surface area contributed by atoms with Crippen LogP contribution >= 0.6 is 0 Å². The summed E-state index contributed by atoms with van der Waals surface area (Å²) in [6.07, 6.45) is 3.89. The number of ether oxygens (including phenoxy) is 1. The predicted molar refractivity (Wildman–Crippen MR) is 109 cm³/mol. The van der Waals surface area contributed by atoms with Gasteiger partial charge in [-0.1, -0.05) is 30.3 Å². The van der Waals surface area contributed by atoms with Crippen LogP contribution in [0.2, 0.25) is 0 Å². The minimum atomic E-state index is -0.248. The Bertz CT molecular complexity index is 685. The van der Waals surface area contributed by atoms with Crippen molar-refractivity contribution in [2.45, 2.75) is 32.5 Å². The van der Waals surface area contributed by atoms with Crippen LogP contribution in [0.4, 0.5) is 5.82 Å². The highest BCUT2D eigenvalue weighted by molar-refractivity contribution is 5.51. The van der Waals surface area contributed by atoms with Gasteiger partial charge >= 0.3 is 0 Å². The van der Waals surface area contributed by atoms with Crippen molar-refractivity contribution in [2.75, 3.05) is 38.1 Å². The quantitative estimate of drug-likeness (QED) is 0.774. The smallest absolute Gasteiger partial charge is 0.171 e. The summed E-state index contributed by atoms with van der Waals surface area (Å²) in [5.74, 6) is 2.37. The SMILES string of the molecule is C[C@H](O)CN1CCC(CN(C)c2ncccc2OCc2ccccc2)CC1. The Morgan fingerprint density at radius 1 is 1.19 bits per heavy atom. The van der Waals surface area contributed by atoms with E-state index < -0.39 is 0 Å². The van der Waals surface area contributed by atoms with Crippen LogP contribution in [0, 0.1) is 5.92 Å². The second kappa shape index (κ2) is 9.72. The molecule has 1 fully saturated rings. The summed E-state index contributed by atoms with van der Waals surface area (Å²) in [5.41, 5.74) is 1.15. The zero-order chi connectivity index (χ0) is 19.1. The molecule has 0 spiro atoms. The maximum atomic E-state index is 9.56. The standard InChI is InChI=1S/C22H31N3O2/c1-18(26)15-25-13-10-19(11-14-25)16-24(2)22-21(9-6-12-23-22)27-17-20-7-4-3-5-8-20/h3-9,12,18-19,26H,10-11,13-17H2,1-2H3/t18-/m0/s1. The Hall–Kier alpha value is -2.11. The van der Waals surface area contributed by atoms with Crippen molar-refractivity contribution in [3.63, 3.8) is 0 Å². The highest BCUT2D eigenvalue weighted by atomic mass is 16.5. The Labute approximate surface area is 162 Å². The molecule has 1 aliphatic heterocycles. The number of aliphatic hydroxyl groups excluding tert-OH is 1. The van der Waals surface area contributed by atoms with Crippen LogP contribution in [-0.4, -0.2) is 54.3 Å². The van der Waals surface area contributed by atoms with Crippen molar-refractivity contribution < 1.29 is 9.84 Å². The van der Waals surface area contributed by atoms with Crippen LogP contribution in [0.15, 0.2) is 48.7 Å². The van der Waals surface area contributed by atoms with Gasteiger partial charge < -0.3 is 19.6 Å². The van der Waals surface area contributed by atoms with Crippen LogP contribution in [-0.2, 0) is 6.61 Å². The largest absolute Gasteiger partial charge is 0.485 e. The average Bonchev–Trinajstić information content (AvgIpc) is 2.68. The molecule has 1 N–H and O–H groups in total. The van der Waals surface area contributed by atoms with Gasteiger partial charge in [-0.3, -0.25) is 0 Å². The minimum absolute atomic E-state index is 0.248. The lowest BCUT2D eigenvalue weighted by Gasteiger charge is -2.34. The summed E-state index contributed by atoms with van der Waals surface area (Å²) >= 11 is 0. The third-order valence-electron chi connectivity index (χ3n) is 5.11. The zero-order valence-electron chi connectivity index (χ0n) is 16.4. The molecule has 2 aromatic rings. The molecule has 0 unspecified atom stereocenters. The first kappa shape index (κ1) is 19.6. The molecule has 27 heavy (non-hydrogen) atoms. The molecule has 5 nitrogen and oxygen atoms in total. The van der Waals surface area contributed by atoms with Crippen LogP contribution < -0.4 is 9.64 Å². The molecule has 0 saturated carbocycles. The van der Waals surface area contributed by atoms with Gasteiger partial charge in [0.1, 0.15) is 6.61 Å². The van der Waals surface area contributed by atoms with Gasteiger partial charge in [0.25, 0.3) is 0 Å². The molecule has 0 aliphatic carbocycles. The molecule has 2 heterocycles. The number of aromatic nitrogens is 1. The summed E-state index contributed by atoms with van der Waals surface area (Å²) in [6.45, 7) is 6.27. The first-order chi connectivity index (χ1) is 13.1. The van der Waals surface area contributed by atoms with Crippen LogP contribution in [0.1, 0.15) is 25.3 Å². The molecule has 5 heteroatoms. The number of hydrogen-bond donors (Lipinski definition) is 1. The number of β-amino-alcohol motifs (C(OH)–C–C–N with tert-alkyl or cyclic N) is 1. The van der Waals surface area contributed by atoms with E-state index in [1.807, 2.05) is 43.5 Å². The third-order valence-corrected chi connectivity index (χ3v) is 5.11. The van der Waals surface area contributed by atoms with E-state index in [-0.39, 0.29) is 6.10 Å². The van der Waals surface area contributed by atoms with Gasteiger partial charge in [-0.05, 0) is 56.5 Å². The van der Waals surface area contributed by atoms with Gasteiger partial charge in [0.05, 0.1) is 6.10 Å². The first-order valence-electron chi connectivity index (χ1n) is 9.85. The number of aliphatic hydroxyl groups is 1. The molecule has 1 aliphatic rings. The number of likely N-dealkylation sites (tertiary alicyclic amines) is 1. The number of rotatable bonds is 8. The van der Waals surface area contributed by atoms with Crippen LogP contribution in [0.5, 0.6) is 5.75 Å². The molecule has 0 bridgehead atoms. The van der Waals surface area contributed by atoms with Crippen molar-refractivity contribution in [1.82, 2.24) is 9.88 Å². The van der Waals surface area contributed by atoms with Crippen molar-refractivity contribution in [2.24, 2.45) is 5.92 Å². The van der Waals surface area contributed by atoms with Crippen molar-refractivity contribution in [3.8, 4) is 5.75 Å². The summed E-state index contributed by atoms with van der Waals surface area (Å²) in [5, 5.41) is 9.56. The molecular formula is C22H31N3O2. The zero-order valence-corrected chi connectivity index (χ0v) is 16.4. The average molecular weight is 370 g/mol. The monoisotopic (exact) mass is 369 g/mol. The molecule has 1 aromatic heterocycles. The van der Waals surface area contributed by atoms with E-state index in [2.05, 4.69) is 34.0 Å². The highest BCUT2D eigenvalue weighted by Crippen LogP contribution is 2.27. The fourth-order valence-corrected chi connectivity index (χ4v) is 3.72. The Kier molecular flexibility index (Phi) is 7.07. The van der Waals surface area contributed by atoms with E-state index in [0.29, 0.717) is 12.5 Å². The number of nitrogens with zero attached hydrogens (tertiary/aromatic N) is 3. The molecule has 1 atom stereocenters. The fourth-order valence-electron chi connectivity index (χ4n) is 3.72. The van der Waals surface area contributed by atoms with E-state index in [4.69, 9.17) is 4.74 Å². The van der Waals surface area contributed by atoms with E-state index >= 15 is 0 Å². The summed E-state index contributed by atoms with van der Waals surface area (Å²) in [4.78, 5) is 9.14. The van der Waals surface area contributed by atoms with Gasteiger partial charge in [0, 0.05) is 26.3 Å². The number of hydrogen-bond acceptors (Lipinski definition) is 5. The van der Waals surface area contributed by atoms with Gasteiger partial charge in [0.15, 0.2) is 11.6 Å². The maximum Gasteiger partial charge on any atom is 0.171 e. The molecule has 0 amide bonds. The molecule has 1 aromatic carbocycles. The van der Waals surface area contributed by atoms with E-state index in [9.17, 15) is 5.11 Å². The normalized spacial score (nSPS) is 16.9. The summed E-state index contributed by atoms with van der Waals surface area (Å²) < 4.78 is 6.05. The summed E-state index contributed by atoms with van der Waals surface area (Å²) in [7, 11) is 2.10. The molecule has 1 saturated heterocycles. The third kappa shape index (κ3) is 5.94. The fraction of sp³-hybridized carbons (Fsp3) is 0.500. The van der Waals surface area contributed by atoms with Gasteiger partial charge in [0.2, 0.25) is 0 Å². The second-order valence-corrected chi connectivity index (χ2v) is 7.57. The van der Waals surface area contributed by atoms with Crippen molar-refractivity contribution in [3.05, 3.63) is 54.2 Å². The lowest BCUT2D eigenvalue weighted by Crippen LogP contribution is -2.40. The molecule has 3 rings (SSSR count). The van der Waals surface area contributed by atoms with Crippen molar-refractivity contribution >= 4 is 5.82 Å². The lowest BCUT2D eigenvalue weighted by molar-refractivity contribution is 0.101. The molecular weight excluding hydrogens is 338 g/mol. The number of benzene rings is 1. The van der Waals surface area contributed by atoms with Crippen LogP contribution in [0.3, 0.4) is 0 Å². The first-order valence-corrected chi connectivity index (χ1v) is 9.85. The maximum absolute atomic E-state index is 9.56. The van der Waals surface area contributed by atoms with E-state index in [1.165, 1.54) is 0 Å². The molecule has 146 valence electrons. The summed E-state index contributed by atoms with van der Waals surface area (Å²) in [6, 6.07) is 14.1. The number of piperidine rings is 1. The van der Waals surface area contributed by atoms with Crippen molar-refractivity contribution in [1.29, 1.82) is 0 Å². The number of anilines is 1.